The highest BCUT2D eigenvalue weighted by atomic mass is 16.8. The standard InChI is InChI=1S/C18H28O6/c1-15(16(20)8-2-3-9-16)14(19)23-17(10-4-6-12-21-17)18(24-15)11-5-7-13-22-18/h20H,2-13H2,1H3/t15-,17-,18-/m1/s1. The van der Waals surface area contributed by atoms with Gasteiger partial charge in [-0.05, 0) is 45.4 Å². The molecule has 1 aliphatic carbocycles. The zero-order valence-electron chi connectivity index (χ0n) is 14.5. The lowest BCUT2D eigenvalue weighted by Crippen LogP contribution is -2.76. The number of esters is 1. The van der Waals surface area contributed by atoms with Gasteiger partial charge in [0, 0.05) is 12.8 Å². The Morgan fingerprint density at radius 3 is 1.92 bits per heavy atom. The molecule has 0 aromatic carbocycles. The van der Waals surface area contributed by atoms with Gasteiger partial charge in [-0.1, -0.05) is 12.8 Å². The zero-order valence-corrected chi connectivity index (χ0v) is 14.5. The van der Waals surface area contributed by atoms with Crippen LogP contribution in [0.15, 0.2) is 0 Å². The summed E-state index contributed by atoms with van der Waals surface area (Å²) in [5.74, 6) is -2.79. The summed E-state index contributed by atoms with van der Waals surface area (Å²) in [4.78, 5) is 13.0. The molecule has 4 aliphatic rings. The summed E-state index contributed by atoms with van der Waals surface area (Å²) < 4.78 is 24.5. The number of aliphatic hydroxyl groups is 1. The van der Waals surface area contributed by atoms with E-state index in [0.29, 0.717) is 38.9 Å². The van der Waals surface area contributed by atoms with E-state index in [4.69, 9.17) is 18.9 Å². The fraction of sp³-hybridized carbons (Fsp3) is 0.944. The maximum Gasteiger partial charge on any atom is 0.344 e. The molecule has 3 saturated heterocycles. The fourth-order valence-electron chi connectivity index (χ4n) is 4.80. The zero-order chi connectivity index (χ0) is 16.9. The summed E-state index contributed by atoms with van der Waals surface area (Å²) in [5, 5.41) is 11.1. The number of hydrogen-bond donors (Lipinski definition) is 1. The molecule has 0 bridgehead atoms. The second-order valence-electron chi connectivity index (χ2n) is 7.88. The molecule has 2 spiro atoms. The van der Waals surface area contributed by atoms with E-state index in [1.165, 1.54) is 0 Å². The van der Waals surface area contributed by atoms with Gasteiger partial charge < -0.3 is 24.1 Å². The first-order valence-corrected chi connectivity index (χ1v) is 9.39. The van der Waals surface area contributed by atoms with Crippen molar-refractivity contribution in [2.75, 3.05) is 13.2 Å². The Balaban J connectivity index is 1.73. The summed E-state index contributed by atoms with van der Waals surface area (Å²) >= 11 is 0. The average molecular weight is 340 g/mol. The van der Waals surface area contributed by atoms with Crippen molar-refractivity contribution < 1.29 is 28.8 Å². The first-order chi connectivity index (χ1) is 11.5. The number of rotatable bonds is 1. The van der Waals surface area contributed by atoms with Gasteiger partial charge in [0.1, 0.15) is 5.60 Å². The van der Waals surface area contributed by atoms with Gasteiger partial charge in [0.2, 0.25) is 5.79 Å². The largest absolute Gasteiger partial charge is 0.425 e. The second-order valence-corrected chi connectivity index (χ2v) is 7.88. The third-order valence-electron chi connectivity index (χ3n) is 6.39. The molecule has 0 radical (unpaired) electrons. The molecule has 0 unspecified atom stereocenters. The van der Waals surface area contributed by atoms with Crippen molar-refractivity contribution in [1.82, 2.24) is 0 Å². The number of fused-ring (bicyclic) bond motifs is 1. The second kappa shape index (κ2) is 5.66. The number of hydrogen-bond acceptors (Lipinski definition) is 6. The fourth-order valence-corrected chi connectivity index (χ4v) is 4.80. The van der Waals surface area contributed by atoms with Crippen LogP contribution in [0.5, 0.6) is 0 Å². The van der Waals surface area contributed by atoms with Gasteiger partial charge in [-0.25, -0.2) is 4.79 Å². The summed E-state index contributed by atoms with van der Waals surface area (Å²) in [7, 11) is 0. The normalized spacial score (nSPS) is 45.5. The molecule has 3 heterocycles. The highest BCUT2D eigenvalue weighted by Gasteiger charge is 2.71. The molecule has 24 heavy (non-hydrogen) atoms. The lowest BCUT2D eigenvalue weighted by Gasteiger charge is -2.59. The lowest BCUT2D eigenvalue weighted by molar-refractivity contribution is -0.466. The molecule has 1 N–H and O–H groups in total. The molecule has 4 fully saturated rings. The van der Waals surface area contributed by atoms with Crippen molar-refractivity contribution in [3.63, 3.8) is 0 Å². The molecular weight excluding hydrogens is 312 g/mol. The van der Waals surface area contributed by atoms with E-state index in [9.17, 15) is 9.90 Å². The molecule has 4 rings (SSSR count). The van der Waals surface area contributed by atoms with Crippen molar-refractivity contribution in [3.05, 3.63) is 0 Å². The van der Waals surface area contributed by atoms with Crippen LogP contribution < -0.4 is 0 Å². The van der Waals surface area contributed by atoms with E-state index in [0.717, 1.165) is 38.5 Å². The predicted octanol–water partition coefficient (Wildman–Crippen LogP) is 2.42. The quantitative estimate of drug-likeness (QED) is 0.739. The van der Waals surface area contributed by atoms with Gasteiger partial charge in [0.05, 0.1) is 13.2 Å². The van der Waals surface area contributed by atoms with Gasteiger partial charge >= 0.3 is 5.97 Å². The minimum Gasteiger partial charge on any atom is -0.425 e. The van der Waals surface area contributed by atoms with Crippen LogP contribution in [0.4, 0.5) is 0 Å². The summed E-state index contributed by atoms with van der Waals surface area (Å²) in [5.41, 5.74) is -2.61. The maximum absolute atomic E-state index is 13.0. The van der Waals surface area contributed by atoms with Crippen LogP contribution in [0.3, 0.4) is 0 Å². The minimum atomic E-state index is -1.41. The predicted molar refractivity (Wildman–Crippen MR) is 84.1 cm³/mol. The third-order valence-corrected chi connectivity index (χ3v) is 6.39. The summed E-state index contributed by atoms with van der Waals surface area (Å²) in [6.45, 7) is 2.75. The van der Waals surface area contributed by atoms with E-state index < -0.39 is 28.7 Å². The van der Waals surface area contributed by atoms with Crippen LogP contribution in [0.2, 0.25) is 0 Å². The Labute approximate surface area is 142 Å². The Kier molecular flexibility index (Phi) is 3.95. The highest BCUT2D eigenvalue weighted by molar-refractivity contribution is 5.82. The molecule has 1 saturated carbocycles. The SMILES string of the molecule is C[C@@]1(C2(O)CCCC2)O[C@]2(CCCCO2)[C@@]2(CCCCO2)OC1=O. The van der Waals surface area contributed by atoms with Crippen molar-refractivity contribution in [2.24, 2.45) is 0 Å². The first kappa shape index (κ1) is 16.8. The molecule has 6 heteroatoms. The summed E-state index contributed by atoms with van der Waals surface area (Å²) in [6.07, 6.45) is 7.79. The Morgan fingerprint density at radius 2 is 1.38 bits per heavy atom. The molecule has 3 aliphatic heterocycles. The van der Waals surface area contributed by atoms with Crippen molar-refractivity contribution in [2.45, 2.75) is 93.9 Å². The summed E-state index contributed by atoms with van der Waals surface area (Å²) in [6, 6.07) is 0. The van der Waals surface area contributed by atoms with Crippen LogP contribution in [-0.4, -0.2) is 47.1 Å². The smallest absolute Gasteiger partial charge is 0.344 e. The van der Waals surface area contributed by atoms with Gasteiger partial charge in [-0.3, -0.25) is 0 Å². The topological polar surface area (TPSA) is 74.2 Å². The van der Waals surface area contributed by atoms with Crippen LogP contribution in [0, 0.1) is 0 Å². The van der Waals surface area contributed by atoms with Gasteiger partial charge in [0.15, 0.2) is 5.60 Å². The molecule has 6 nitrogen and oxygen atoms in total. The van der Waals surface area contributed by atoms with Crippen LogP contribution >= 0.6 is 0 Å². The van der Waals surface area contributed by atoms with E-state index in [2.05, 4.69) is 0 Å². The molecule has 0 amide bonds. The number of ether oxygens (including phenoxy) is 4. The van der Waals surface area contributed by atoms with E-state index in [1.54, 1.807) is 6.92 Å². The minimum absolute atomic E-state index is 0.520. The van der Waals surface area contributed by atoms with Gasteiger partial charge in [0.25, 0.3) is 5.79 Å². The molecule has 0 aromatic rings. The van der Waals surface area contributed by atoms with Crippen LogP contribution in [-0.2, 0) is 23.7 Å². The first-order valence-electron chi connectivity index (χ1n) is 9.39. The Morgan fingerprint density at radius 1 is 0.833 bits per heavy atom. The van der Waals surface area contributed by atoms with Crippen molar-refractivity contribution in [3.8, 4) is 0 Å². The van der Waals surface area contributed by atoms with E-state index in [1.807, 2.05) is 0 Å². The number of carbonyl (C=O) groups is 1. The monoisotopic (exact) mass is 340 g/mol. The highest BCUT2D eigenvalue weighted by Crippen LogP contribution is 2.54. The molecule has 136 valence electrons. The van der Waals surface area contributed by atoms with E-state index >= 15 is 0 Å². The number of carbonyl (C=O) groups excluding carboxylic acids is 1. The molecular formula is C18H28O6. The van der Waals surface area contributed by atoms with Crippen molar-refractivity contribution in [1.29, 1.82) is 0 Å². The van der Waals surface area contributed by atoms with Crippen LogP contribution in [0.25, 0.3) is 0 Å². The molecule has 0 aromatic heterocycles. The average Bonchev–Trinajstić information content (AvgIpc) is 3.04. The van der Waals surface area contributed by atoms with Crippen LogP contribution in [0.1, 0.15) is 71.1 Å². The lowest BCUT2D eigenvalue weighted by atomic mass is 9.79. The third kappa shape index (κ3) is 2.19. The Hall–Kier alpha value is -0.690. The van der Waals surface area contributed by atoms with E-state index in [-0.39, 0.29) is 0 Å². The van der Waals surface area contributed by atoms with Gasteiger partial charge in [-0.2, -0.15) is 0 Å². The van der Waals surface area contributed by atoms with Gasteiger partial charge in [-0.15, -0.1) is 0 Å². The maximum atomic E-state index is 13.0. The van der Waals surface area contributed by atoms with Crippen molar-refractivity contribution >= 4 is 5.97 Å². The molecule has 3 atom stereocenters. The Bertz CT molecular complexity index is 500.